The standard InChI is InChI=1S/C18H21N7O/c1-23-10-15(17-8-20-12-24(17)2)16(11-23)22-18(26)13-6-21-25(9-13)14-4-3-5-19-7-14/h3-9,12,15-16H,10-11H2,1-2H3,(H,22,26)/t15-,16-/m1/s1. The third-order valence-corrected chi connectivity index (χ3v) is 4.81. The Balaban J connectivity index is 1.51. The first-order chi connectivity index (χ1) is 12.6. The molecule has 1 aliphatic rings. The fourth-order valence-corrected chi connectivity index (χ4v) is 3.49. The van der Waals surface area contributed by atoms with Crippen LogP contribution in [0, 0.1) is 0 Å². The van der Waals surface area contributed by atoms with Crippen molar-refractivity contribution in [2.45, 2.75) is 12.0 Å². The van der Waals surface area contributed by atoms with E-state index in [9.17, 15) is 4.79 Å². The molecule has 3 aromatic rings. The molecule has 0 radical (unpaired) electrons. The van der Waals surface area contributed by atoms with Gasteiger partial charge in [0.05, 0.1) is 36.0 Å². The number of amides is 1. The van der Waals surface area contributed by atoms with Gasteiger partial charge >= 0.3 is 0 Å². The number of imidazole rings is 1. The number of hydrogen-bond acceptors (Lipinski definition) is 5. The van der Waals surface area contributed by atoms with Crippen molar-refractivity contribution in [3.8, 4) is 5.69 Å². The lowest BCUT2D eigenvalue weighted by Gasteiger charge is -2.20. The molecule has 0 saturated carbocycles. The van der Waals surface area contributed by atoms with E-state index in [1.54, 1.807) is 35.8 Å². The molecule has 3 aromatic heterocycles. The highest BCUT2D eigenvalue weighted by Gasteiger charge is 2.35. The maximum atomic E-state index is 12.7. The first kappa shape index (κ1) is 16.5. The minimum absolute atomic E-state index is 0.0321. The normalized spacial score (nSPS) is 20.4. The van der Waals surface area contributed by atoms with Crippen molar-refractivity contribution in [1.29, 1.82) is 0 Å². The van der Waals surface area contributed by atoms with Crippen LogP contribution in [0.4, 0.5) is 0 Å². The van der Waals surface area contributed by atoms with Gasteiger partial charge in [-0.1, -0.05) is 0 Å². The van der Waals surface area contributed by atoms with Gasteiger partial charge in [0.1, 0.15) is 0 Å². The van der Waals surface area contributed by atoms with Gasteiger partial charge in [-0.25, -0.2) is 9.67 Å². The van der Waals surface area contributed by atoms with E-state index in [0.29, 0.717) is 5.56 Å². The van der Waals surface area contributed by atoms with E-state index < -0.39 is 0 Å². The fourth-order valence-electron chi connectivity index (χ4n) is 3.49. The minimum Gasteiger partial charge on any atom is -0.347 e. The summed E-state index contributed by atoms with van der Waals surface area (Å²) in [4.78, 5) is 23.2. The van der Waals surface area contributed by atoms with Crippen LogP contribution in [0.5, 0.6) is 0 Å². The summed E-state index contributed by atoms with van der Waals surface area (Å²) >= 11 is 0. The average Bonchev–Trinajstić information content (AvgIpc) is 3.36. The molecule has 0 unspecified atom stereocenters. The van der Waals surface area contributed by atoms with E-state index in [1.165, 1.54) is 0 Å². The van der Waals surface area contributed by atoms with Crippen LogP contribution >= 0.6 is 0 Å². The van der Waals surface area contributed by atoms with E-state index >= 15 is 0 Å². The van der Waals surface area contributed by atoms with Gasteiger partial charge in [-0.2, -0.15) is 5.10 Å². The Morgan fingerprint density at radius 3 is 2.81 bits per heavy atom. The second-order valence-corrected chi connectivity index (χ2v) is 6.72. The van der Waals surface area contributed by atoms with E-state index in [2.05, 4.69) is 32.3 Å². The third-order valence-electron chi connectivity index (χ3n) is 4.81. The molecule has 0 aromatic carbocycles. The SMILES string of the molecule is CN1C[C@@H](NC(=O)c2cnn(-c3cccnc3)c2)[C@H](c2cncn2C)C1. The van der Waals surface area contributed by atoms with Gasteiger partial charge in [0.2, 0.25) is 0 Å². The minimum atomic E-state index is -0.118. The lowest BCUT2D eigenvalue weighted by atomic mass is 10.00. The molecule has 1 amide bonds. The van der Waals surface area contributed by atoms with Crippen LogP contribution in [-0.2, 0) is 7.05 Å². The Morgan fingerprint density at radius 2 is 2.08 bits per heavy atom. The van der Waals surface area contributed by atoms with Crippen LogP contribution in [0.15, 0.2) is 49.4 Å². The number of carbonyl (C=O) groups excluding carboxylic acids is 1. The number of nitrogens with one attached hydrogen (secondary N) is 1. The molecule has 1 aliphatic heterocycles. The summed E-state index contributed by atoms with van der Waals surface area (Å²) in [6, 6.07) is 3.76. The fraction of sp³-hybridized carbons (Fsp3) is 0.333. The first-order valence-electron chi connectivity index (χ1n) is 8.52. The molecule has 4 rings (SSSR count). The van der Waals surface area contributed by atoms with Crippen molar-refractivity contribution >= 4 is 5.91 Å². The van der Waals surface area contributed by atoms with Crippen LogP contribution in [0.3, 0.4) is 0 Å². The Kier molecular flexibility index (Phi) is 4.26. The first-order valence-corrected chi connectivity index (χ1v) is 8.52. The third kappa shape index (κ3) is 3.11. The second-order valence-electron chi connectivity index (χ2n) is 6.72. The van der Waals surface area contributed by atoms with Crippen molar-refractivity contribution in [2.75, 3.05) is 20.1 Å². The molecule has 1 fully saturated rings. The zero-order valence-corrected chi connectivity index (χ0v) is 14.8. The van der Waals surface area contributed by atoms with Crippen LogP contribution in [0.2, 0.25) is 0 Å². The Bertz CT molecular complexity index is 901. The molecule has 8 heteroatoms. The van der Waals surface area contributed by atoms with Crippen molar-refractivity contribution in [2.24, 2.45) is 7.05 Å². The maximum absolute atomic E-state index is 12.7. The molecule has 0 spiro atoms. The molecule has 26 heavy (non-hydrogen) atoms. The second kappa shape index (κ2) is 6.72. The number of aromatic nitrogens is 5. The number of pyridine rings is 1. The highest BCUT2D eigenvalue weighted by molar-refractivity contribution is 5.94. The number of likely N-dealkylation sites (tertiary alicyclic amines) is 1. The van der Waals surface area contributed by atoms with Gasteiger partial charge in [0.15, 0.2) is 0 Å². The number of likely N-dealkylation sites (N-methyl/N-ethyl adjacent to an activating group) is 1. The van der Waals surface area contributed by atoms with E-state index in [4.69, 9.17) is 0 Å². The Hall–Kier alpha value is -3.00. The van der Waals surface area contributed by atoms with Crippen molar-refractivity contribution < 1.29 is 4.79 Å². The molecule has 134 valence electrons. The van der Waals surface area contributed by atoms with Gasteiger partial charge in [-0.3, -0.25) is 9.78 Å². The zero-order chi connectivity index (χ0) is 18.1. The molecular formula is C18H21N7O. The molecular weight excluding hydrogens is 330 g/mol. The summed E-state index contributed by atoms with van der Waals surface area (Å²) in [6.07, 6.45) is 10.4. The van der Waals surface area contributed by atoms with Gasteiger partial charge < -0.3 is 14.8 Å². The molecule has 1 saturated heterocycles. The monoisotopic (exact) mass is 351 g/mol. The van der Waals surface area contributed by atoms with Gasteiger partial charge in [0.25, 0.3) is 5.91 Å². The zero-order valence-electron chi connectivity index (χ0n) is 14.8. The largest absolute Gasteiger partial charge is 0.347 e. The van der Waals surface area contributed by atoms with E-state index in [1.807, 2.05) is 29.9 Å². The molecule has 1 N–H and O–H groups in total. The summed E-state index contributed by atoms with van der Waals surface area (Å²) in [5.41, 5.74) is 2.48. The summed E-state index contributed by atoms with van der Waals surface area (Å²) in [5, 5.41) is 7.44. The van der Waals surface area contributed by atoms with E-state index in [-0.39, 0.29) is 17.9 Å². The van der Waals surface area contributed by atoms with Gasteiger partial charge in [-0.05, 0) is 19.2 Å². The van der Waals surface area contributed by atoms with Crippen molar-refractivity contribution in [1.82, 2.24) is 34.5 Å². The molecule has 4 heterocycles. The van der Waals surface area contributed by atoms with Crippen LogP contribution in [-0.4, -0.2) is 61.3 Å². The van der Waals surface area contributed by atoms with Crippen LogP contribution < -0.4 is 5.32 Å². The molecule has 8 nitrogen and oxygen atoms in total. The summed E-state index contributed by atoms with van der Waals surface area (Å²) in [5.74, 6) is 0.0948. The lowest BCUT2D eigenvalue weighted by molar-refractivity contribution is 0.0935. The van der Waals surface area contributed by atoms with Crippen molar-refractivity contribution in [3.63, 3.8) is 0 Å². The number of hydrogen-bond donors (Lipinski definition) is 1. The number of aryl methyl sites for hydroxylation is 1. The maximum Gasteiger partial charge on any atom is 0.254 e. The summed E-state index contributed by atoms with van der Waals surface area (Å²) in [6.45, 7) is 1.69. The lowest BCUT2D eigenvalue weighted by Crippen LogP contribution is -2.39. The number of carbonyl (C=O) groups is 1. The molecule has 0 aliphatic carbocycles. The van der Waals surface area contributed by atoms with Crippen LogP contribution in [0.25, 0.3) is 5.69 Å². The number of rotatable bonds is 4. The summed E-state index contributed by atoms with van der Waals surface area (Å²) < 4.78 is 3.67. The topological polar surface area (TPSA) is 80.9 Å². The van der Waals surface area contributed by atoms with E-state index in [0.717, 1.165) is 24.5 Å². The van der Waals surface area contributed by atoms with Gasteiger partial charge in [-0.15, -0.1) is 0 Å². The van der Waals surface area contributed by atoms with Crippen molar-refractivity contribution in [3.05, 3.63) is 60.7 Å². The quantitative estimate of drug-likeness (QED) is 0.753. The highest BCUT2D eigenvalue weighted by Crippen LogP contribution is 2.26. The van der Waals surface area contributed by atoms with Crippen LogP contribution in [0.1, 0.15) is 22.0 Å². The molecule has 2 atom stereocenters. The smallest absolute Gasteiger partial charge is 0.254 e. The predicted octanol–water partition coefficient (Wildman–Crippen LogP) is 0.828. The average molecular weight is 351 g/mol. The highest BCUT2D eigenvalue weighted by atomic mass is 16.1. The number of nitrogens with zero attached hydrogens (tertiary/aromatic N) is 6. The predicted molar refractivity (Wildman–Crippen MR) is 96.1 cm³/mol. The molecule has 0 bridgehead atoms. The van der Waals surface area contributed by atoms with Gasteiger partial charge in [0, 0.05) is 50.3 Å². The Morgan fingerprint density at radius 1 is 1.19 bits per heavy atom. The Labute approximate surface area is 151 Å². The summed E-state index contributed by atoms with van der Waals surface area (Å²) in [7, 11) is 4.05.